The van der Waals surface area contributed by atoms with Gasteiger partial charge in [0.25, 0.3) is 0 Å². The molecule has 2 atom stereocenters. The highest BCUT2D eigenvalue weighted by Crippen LogP contribution is 1.86. The third-order valence-corrected chi connectivity index (χ3v) is 0.710. The summed E-state index contributed by atoms with van der Waals surface area (Å²) in [4.78, 5) is 19.4. The molecule has 0 bridgehead atoms. The molecular formula is C5H8O6. The van der Waals surface area contributed by atoms with Gasteiger partial charge >= 0.3 is 0 Å². The van der Waals surface area contributed by atoms with E-state index in [-0.39, 0.29) is 12.6 Å². The van der Waals surface area contributed by atoms with Crippen LogP contribution in [-0.4, -0.2) is 42.2 Å². The standard InChI is InChI=1S/C5H8O6/c6-1-4(8)10-3-11-5(9)2-7/h1-2,4-5,8-9H,3H2. The lowest BCUT2D eigenvalue weighted by atomic mass is 10.7. The van der Waals surface area contributed by atoms with Gasteiger partial charge in [0.15, 0.2) is 19.4 Å². The molecule has 0 aromatic heterocycles. The molecule has 2 unspecified atom stereocenters. The lowest BCUT2D eigenvalue weighted by molar-refractivity contribution is -0.208. The largest absolute Gasteiger partial charge is 0.362 e. The van der Waals surface area contributed by atoms with E-state index in [4.69, 9.17) is 10.2 Å². The first-order valence-electron chi connectivity index (χ1n) is 2.70. The number of rotatable bonds is 6. The van der Waals surface area contributed by atoms with Crippen LogP contribution in [0.3, 0.4) is 0 Å². The van der Waals surface area contributed by atoms with E-state index < -0.39 is 19.4 Å². The molecule has 0 aliphatic rings. The van der Waals surface area contributed by atoms with Gasteiger partial charge < -0.3 is 19.7 Å². The molecule has 0 spiro atoms. The first-order valence-corrected chi connectivity index (χ1v) is 2.70. The first-order chi connectivity index (χ1) is 5.20. The molecule has 0 fully saturated rings. The van der Waals surface area contributed by atoms with Crippen molar-refractivity contribution in [1.29, 1.82) is 0 Å². The Labute approximate surface area is 62.3 Å². The zero-order chi connectivity index (χ0) is 8.69. The van der Waals surface area contributed by atoms with Gasteiger partial charge in [0, 0.05) is 0 Å². The van der Waals surface area contributed by atoms with E-state index in [1.165, 1.54) is 0 Å². The van der Waals surface area contributed by atoms with E-state index in [2.05, 4.69) is 9.47 Å². The van der Waals surface area contributed by atoms with Crippen LogP contribution in [0.5, 0.6) is 0 Å². The summed E-state index contributed by atoms with van der Waals surface area (Å²) in [6.07, 6.45) is -2.91. The summed E-state index contributed by atoms with van der Waals surface area (Å²) in [5.41, 5.74) is 0. The molecule has 0 aliphatic carbocycles. The van der Waals surface area contributed by atoms with Gasteiger partial charge in [-0.3, -0.25) is 9.59 Å². The molecule has 6 nitrogen and oxygen atoms in total. The minimum atomic E-state index is -1.59. The molecule has 0 aromatic carbocycles. The fraction of sp³-hybridized carbons (Fsp3) is 0.600. The summed E-state index contributed by atoms with van der Waals surface area (Å²) in [5, 5.41) is 16.8. The second-order valence-electron chi connectivity index (χ2n) is 1.50. The van der Waals surface area contributed by atoms with Gasteiger partial charge in [-0.15, -0.1) is 0 Å². The number of carbonyl (C=O) groups is 2. The Morgan fingerprint density at radius 1 is 1.09 bits per heavy atom. The number of aliphatic hydroxyl groups is 2. The van der Waals surface area contributed by atoms with E-state index in [1.54, 1.807) is 0 Å². The van der Waals surface area contributed by atoms with Crippen molar-refractivity contribution >= 4 is 12.6 Å². The Morgan fingerprint density at radius 3 is 1.73 bits per heavy atom. The summed E-state index contributed by atoms with van der Waals surface area (Å²) in [6, 6.07) is 0. The van der Waals surface area contributed by atoms with Crippen LogP contribution in [0.4, 0.5) is 0 Å². The molecule has 6 heteroatoms. The molecule has 2 N–H and O–H groups in total. The molecule has 0 aromatic rings. The molecule has 11 heavy (non-hydrogen) atoms. The van der Waals surface area contributed by atoms with Gasteiger partial charge in [0.05, 0.1) is 0 Å². The maximum Gasteiger partial charge on any atom is 0.214 e. The molecule has 0 amide bonds. The molecule has 0 rings (SSSR count). The van der Waals surface area contributed by atoms with Gasteiger partial charge in [0.2, 0.25) is 12.6 Å². The van der Waals surface area contributed by atoms with E-state index >= 15 is 0 Å². The van der Waals surface area contributed by atoms with Crippen molar-refractivity contribution < 1.29 is 29.3 Å². The lowest BCUT2D eigenvalue weighted by Gasteiger charge is -2.06. The van der Waals surface area contributed by atoms with Crippen LogP contribution in [0.15, 0.2) is 0 Å². The molecule has 0 aliphatic heterocycles. The van der Waals surface area contributed by atoms with Crippen molar-refractivity contribution in [2.75, 3.05) is 6.79 Å². The first kappa shape index (κ1) is 10.2. The molecule has 0 saturated heterocycles. The van der Waals surface area contributed by atoms with Crippen LogP contribution in [0.2, 0.25) is 0 Å². The van der Waals surface area contributed by atoms with Crippen molar-refractivity contribution in [1.82, 2.24) is 0 Å². The van der Waals surface area contributed by atoms with Gasteiger partial charge in [-0.25, -0.2) is 0 Å². The minimum Gasteiger partial charge on any atom is -0.362 e. The number of aliphatic hydroxyl groups excluding tert-OH is 2. The third kappa shape index (κ3) is 5.62. The number of hydrogen-bond donors (Lipinski definition) is 2. The van der Waals surface area contributed by atoms with Gasteiger partial charge in [-0.2, -0.15) is 0 Å². The average molecular weight is 164 g/mol. The Balaban J connectivity index is 3.26. The Bertz CT molecular complexity index is 110. The van der Waals surface area contributed by atoms with Crippen molar-refractivity contribution in [2.24, 2.45) is 0 Å². The smallest absolute Gasteiger partial charge is 0.214 e. The Hall–Kier alpha value is -0.820. The normalized spacial score (nSPS) is 15.5. The zero-order valence-electron chi connectivity index (χ0n) is 5.54. The number of carbonyl (C=O) groups excluding carboxylic acids is 2. The second-order valence-corrected chi connectivity index (χ2v) is 1.50. The predicted octanol–water partition coefficient (Wildman–Crippen LogP) is -1.99. The van der Waals surface area contributed by atoms with E-state index in [0.29, 0.717) is 0 Å². The summed E-state index contributed by atoms with van der Waals surface area (Å²) in [7, 11) is 0. The summed E-state index contributed by atoms with van der Waals surface area (Å²) in [5.74, 6) is 0. The van der Waals surface area contributed by atoms with Gasteiger partial charge in [0.1, 0.15) is 0 Å². The van der Waals surface area contributed by atoms with Crippen LogP contribution in [0.1, 0.15) is 0 Å². The van der Waals surface area contributed by atoms with Crippen molar-refractivity contribution in [2.45, 2.75) is 12.6 Å². The number of ether oxygens (including phenoxy) is 2. The Kier molecular flexibility index (Phi) is 5.49. The van der Waals surface area contributed by atoms with E-state index in [1.807, 2.05) is 0 Å². The van der Waals surface area contributed by atoms with Crippen LogP contribution >= 0.6 is 0 Å². The number of aldehydes is 2. The van der Waals surface area contributed by atoms with Crippen molar-refractivity contribution in [3.8, 4) is 0 Å². The minimum absolute atomic E-state index is 0.136. The van der Waals surface area contributed by atoms with Crippen LogP contribution in [0, 0.1) is 0 Å². The number of hydrogen-bond acceptors (Lipinski definition) is 6. The molecule has 0 radical (unpaired) electrons. The highest BCUT2D eigenvalue weighted by Gasteiger charge is 2.03. The van der Waals surface area contributed by atoms with Gasteiger partial charge in [-0.05, 0) is 0 Å². The van der Waals surface area contributed by atoms with Crippen molar-refractivity contribution in [3.05, 3.63) is 0 Å². The fourth-order valence-electron chi connectivity index (χ4n) is 0.257. The van der Waals surface area contributed by atoms with E-state index in [0.717, 1.165) is 0 Å². The highest BCUT2D eigenvalue weighted by atomic mass is 16.7. The molecule has 64 valence electrons. The molecular weight excluding hydrogens is 156 g/mol. The Morgan fingerprint density at radius 2 is 1.45 bits per heavy atom. The third-order valence-electron chi connectivity index (χ3n) is 0.710. The summed E-state index contributed by atoms with van der Waals surface area (Å²) in [6.45, 7) is -0.528. The zero-order valence-corrected chi connectivity index (χ0v) is 5.54. The highest BCUT2D eigenvalue weighted by molar-refractivity contribution is 5.53. The molecule has 0 heterocycles. The van der Waals surface area contributed by atoms with Crippen molar-refractivity contribution in [3.63, 3.8) is 0 Å². The predicted molar refractivity (Wildman–Crippen MR) is 31.2 cm³/mol. The summed E-state index contributed by atoms with van der Waals surface area (Å²) >= 11 is 0. The maximum absolute atomic E-state index is 9.69. The monoisotopic (exact) mass is 164 g/mol. The summed E-state index contributed by atoms with van der Waals surface area (Å²) < 4.78 is 8.42. The van der Waals surface area contributed by atoms with Crippen LogP contribution in [0.25, 0.3) is 0 Å². The average Bonchev–Trinajstić information content (AvgIpc) is 2.04. The topological polar surface area (TPSA) is 93.1 Å². The van der Waals surface area contributed by atoms with Gasteiger partial charge in [-0.1, -0.05) is 0 Å². The fourth-order valence-corrected chi connectivity index (χ4v) is 0.257. The quantitative estimate of drug-likeness (QED) is 0.349. The van der Waals surface area contributed by atoms with Crippen LogP contribution in [-0.2, 0) is 19.1 Å². The second kappa shape index (κ2) is 5.93. The van der Waals surface area contributed by atoms with Crippen LogP contribution < -0.4 is 0 Å². The maximum atomic E-state index is 9.69. The lowest BCUT2D eigenvalue weighted by Crippen LogP contribution is -2.20. The van der Waals surface area contributed by atoms with E-state index in [9.17, 15) is 9.59 Å². The SMILES string of the molecule is O=CC(O)OCOC(O)C=O. The molecule has 0 saturated carbocycles.